The highest BCUT2D eigenvalue weighted by Gasteiger charge is 2.33. The van der Waals surface area contributed by atoms with Crippen LogP contribution in [0.4, 0.5) is 8.78 Å². The van der Waals surface area contributed by atoms with E-state index in [1.807, 2.05) is 6.92 Å². The van der Waals surface area contributed by atoms with Gasteiger partial charge in [-0.25, -0.2) is 13.2 Å². The van der Waals surface area contributed by atoms with Crippen molar-refractivity contribution in [2.75, 3.05) is 6.61 Å². The van der Waals surface area contributed by atoms with E-state index in [0.29, 0.717) is 11.1 Å². The topological polar surface area (TPSA) is 94.9 Å². The number of esters is 1. The van der Waals surface area contributed by atoms with Gasteiger partial charge in [-0.2, -0.15) is 13.1 Å². The van der Waals surface area contributed by atoms with Gasteiger partial charge in [0.05, 0.1) is 22.4 Å². The smallest absolute Gasteiger partial charge is 0.387 e. The zero-order valence-electron chi connectivity index (χ0n) is 23.0. The number of halogens is 2. The van der Waals surface area contributed by atoms with Gasteiger partial charge in [0.15, 0.2) is 5.75 Å². The average molecular weight is 595 g/mol. The Balaban J connectivity index is 1.45. The number of hydrogen-bond donors (Lipinski definition) is 0. The molecule has 0 spiro atoms. The second-order valence-electron chi connectivity index (χ2n) is 10.5. The summed E-state index contributed by atoms with van der Waals surface area (Å²) >= 11 is 0. The van der Waals surface area contributed by atoms with Gasteiger partial charge in [0, 0.05) is 30.9 Å². The van der Waals surface area contributed by atoms with Crippen LogP contribution >= 0.6 is 0 Å². The normalized spacial score (nSPS) is 15.3. The van der Waals surface area contributed by atoms with Crippen LogP contribution in [-0.2, 0) is 27.8 Å². The van der Waals surface area contributed by atoms with E-state index >= 15 is 0 Å². The van der Waals surface area contributed by atoms with E-state index in [4.69, 9.17) is 9.47 Å². The van der Waals surface area contributed by atoms with E-state index in [0.717, 1.165) is 29.5 Å². The van der Waals surface area contributed by atoms with Gasteiger partial charge in [-0.15, -0.1) is 0 Å². The number of alkyl halides is 2. The zero-order chi connectivity index (χ0) is 29.8. The molecule has 0 atom stereocenters. The number of sulfonamides is 1. The van der Waals surface area contributed by atoms with E-state index in [2.05, 4.69) is 0 Å². The molecule has 1 saturated carbocycles. The van der Waals surface area contributed by atoms with Gasteiger partial charge < -0.3 is 14.0 Å². The molecule has 1 aliphatic heterocycles. The molecule has 11 heteroatoms. The lowest BCUT2D eigenvalue weighted by atomic mass is 9.97. The number of aryl methyl sites for hydroxylation is 1. The largest absolute Gasteiger partial charge is 0.462 e. The molecule has 1 fully saturated rings. The number of pyridine rings is 1. The summed E-state index contributed by atoms with van der Waals surface area (Å²) in [4.78, 5) is 26.1. The van der Waals surface area contributed by atoms with Crippen molar-refractivity contribution < 1.29 is 31.5 Å². The van der Waals surface area contributed by atoms with Crippen LogP contribution in [-0.4, -0.2) is 36.5 Å². The van der Waals surface area contributed by atoms with Gasteiger partial charge in [0.25, 0.3) is 0 Å². The molecule has 4 aromatic rings. The first kappa shape index (κ1) is 28.0. The summed E-state index contributed by atoms with van der Waals surface area (Å²) in [7, 11) is -3.75. The minimum absolute atomic E-state index is 0.0726. The molecule has 0 saturated heterocycles. The second-order valence-corrected chi connectivity index (χ2v) is 12.5. The maximum absolute atomic E-state index is 13.8. The number of fused-ring (bicyclic) bond motifs is 2. The molecule has 1 aliphatic carbocycles. The first-order valence-electron chi connectivity index (χ1n) is 13.6. The van der Waals surface area contributed by atoms with Crippen molar-refractivity contribution in [2.24, 2.45) is 0 Å². The Bertz CT molecular complexity index is 1880. The van der Waals surface area contributed by atoms with Crippen LogP contribution in [0.1, 0.15) is 52.9 Å². The van der Waals surface area contributed by atoms with Crippen molar-refractivity contribution in [3.05, 3.63) is 93.3 Å². The number of aromatic nitrogens is 1. The van der Waals surface area contributed by atoms with E-state index in [1.165, 1.54) is 22.6 Å². The molecule has 42 heavy (non-hydrogen) atoms. The highest BCUT2D eigenvalue weighted by Crippen LogP contribution is 2.44. The SMILES string of the molecule is CCOC(=O)c1cn(C2CC2)c2c(OC(F)F)c(-c3ccc4c(c3)CN(S(=O)(=O)c3ccc(C)cc3)C4)ccc2c1=O. The van der Waals surface area contributed by atoms with Crippen LogP contribution < -0.4 is 10.2 Å². The summed E-state index contributed by atoms with van der Waals surface area (Å²) in [6.07, 6.45) is 2.88. The van der Waals surface area contributed by atoms with Gasteiger partial charge in [-0.05, 0) is 73.7 Å². The van der Waals surface area contributed by atoms with Crippen molar-refractivity contribution in [3.63, 3.8) is 0 Å². The third-order valence-electron chi connectivity index (χ3n) is 7.66. The van der Waals surface area contributed by atoms with Crippen molar-refractivity contribution in [2.45, 2.75) is 57.3 Å². The Morgan fingerprint density at radius 3 is 2.40 bits per heavy atom. The third-order valence-corrected chi connectivity index (χ3v) is 9.47. The number of carbonyl (C=O) groups is 1. The summed E-state index contributed by atoms with van der Waals surface area (Å²) < 4.78 is 67.5. The minimum Gasteiger partial charge on any atom is -0.462 e. The number of nitrogens with zero attached hydrogens (tertiary/aromatic N) is 2. The molecule has 2 heterocycles. The predicted octanol–water partition coefficient (Wildman–Crippen LogP) is 5.79. The van der Waals surface area contributed by atoms with E-state index in [-0.39, 0.29) is 52.8 Å². The number of ether oxygens (including phenoxy) is 2. The Morgan fingerprint density at radius 2 is 1.74 bits per heavy atom. The first-order valence-corrected chi connectivity index (χ1v) is 15.0. The van der Waals surface area contributed by atoms with Crippen molar-refractivity contribution in [1.29, 1.82) is 0 Å². The highest BCUT2D eigenvalue weighted by atomic mass is 32.2. The summed E-state index contributed by atoms with van der Waals surface area (Å²) in [6, 6.07) is 14.9. The summed E-state index contributed by atoms with van der Waals surface area (Å²) in [5.74, 6) is -0.952. The molecule has 2 aliphatic rings. The van der Waals surface area contributed by atoms with Crippen LogP contribution in [0.25, 0.3) is 22.0 Å². The van der Waals surface area contributed by atoms with Gasteiger partial charge in [0.1, 0.15) is 5.56 Å². The quantitative estimate of drug-likeness (QED) is 0.240. The van der Waals surface area contributed by atoms with Crippen LogP contribution in [0.5, 0.6) is 5.75 Å². The molecular weight excluding hydrogens is 566 g/mol. The fourth-order valence-electron chi connectivity index (χ4n) is 5.41. The number of carbonyl (C=O) groups excluding carboxylic acids is 1. The molecular formula is C31H28F2N2O6S. The molecule has 3 aromatic carbocycles. The van der Waals surface area contributed by atoms with Gasteiger partial charge in [0.2, 0.25) is 15.5 Å². The lowest BCUT2D eigenvalue weighted by molar-refractivity contribution is -0.0486. The molecule has 8 nitrogen and oxygen atoms in total. The molecule has 0 amide bonds. The maximum atomic E-state index is 13.8. The first-order chi connectivity index (χ1) is 20.1. The number of rotatable bonds is 8. The maximum Gasteiger partial charge on any atom is 0.387 e. The minimum atomic E-state index is -3.75. The Kier molecular flexibility index (Phi) is 7.10. The lowest BCUT2D eigenvalue weighted by Crippen LogP contribution is -2.25. The average Bonchev–Trinajstić information content (AvgIpc) is 3.70. The fourth-order valence-corrected chi connectivity index (χ4v) is 6.81. The Labute approximate surface area is 241 Å². The molecule has 0 unspecified atom stereocenters. The van der Waals surface area contributed by atoms with E-state index < -0.39 is 28.0 Å². The van der Waals surface area contributed by atoms with Gasteiger partial charge in [-0.3, -0.25) is 4.79 Å². The standard InChI is InChI=1S/C31H28F2N2O6S/c1-3-40-30(37)26-17-35(22-8-9-22)27-25(28(26)36)13-12-24(29(27)41-31(32)33)19-6-7-20-15-34(16-21(20)14-19)42(38,39)23-10-4-18(2)5-11-23/h4-7,10-14,17,22,31H,3,8-9,15-16H2,1-2H3. The fraction of sp³-hybridized carbons (Fsp3) is 0.290. The van der Waals surface area contributed by atoms with Gasteiger partial charge in [-0.1, -0.05) is 29.8 Å². The molecule has 0 bridgehead atoms. The highest BCUT2D eigenvalue weighted by molar-refractivity contribution is 7.89. The third kappa shape index (κ3) is 4.96. The molecule has 6 rings (SSSR count). The molecule has 218 valence electrons. The Morgan fingerprint density at radius 1 is 1.02 bits per heavy atom. The Hall–Kier alpha value is -4.09. The number of benzene rings is 3. The lowest BCUT2D eigenvalue weighted by Gasteiger charge is -2.19. The van der Waals surface area contributed by atoms with Crippen LogP contribution in [0.2, 0.25) is 0 Å². The molecule has 0 N–H and O–H groups in total. The van der Waals surface area contributed by atoms with Crippen LogP contribution in [0.3, 0.4) is 0 Å². The molecule has 0 radical (unpaired) electrons. The monoisotopic (exact) mass is 594 g/mol. The van der Waals surface area contributed by atoms with Crippen molar-refractivity contribution in [1.82, 2.24) is 8.87 Å². The predicted molar refractivity (Wildman–Crippen MR) is 152 cm³/mol. The van der Waals surface area contributed by atoms with E-state index in [1.54, 1.807) is 54.0 Å². The van der Waals surface area contributed by atoms with Crippen molar-refractivity contribution in [3.8, 4) is 16.9 Å². The number of hydrogen-bond acceptors (Lipinski definition) is 6. The summed E-state index contributed by atoms with van der Waals surface area (Å²) in [6.45, 7) is 0.723. The second kappa shape index (κ2) is 10.6. The zero-order valence-corrected chi connectivity index (χ0v) is 23.8. The van der Waals surface area contributed by atoms with Gasteiger partial charge >= 0.3 is 12.6 Å². The van der Waals surface area contributed by atoms with E-state index in [9.17, 15) is 26.8 Å². The van der Waals surface area contributed by atoms with Crippen LogP contribution in [0.15, 0.2) is 70.5 Å². The summed E-state index contributed by atoms with van der Waals surface area (Å²) in [5, 5.41) is 0.0726. The van der Waals surface area contributed by atoms with Crippen LogP contribution in [0, 0.1) is 6.92 Å². The molecule has 1 aromatic heterocycles. The van der Waals surface area contributed by atoms with Crippen molar-refractivity contribution >= 4 is 26.9 Å². The summed E-state index contributed by atoms with van der Waals surface area (Å²) in [5.41, 5.74) is 2.73.